The second-order valence-corrected chi connectivity index (χ2v) is 3.11. The fraction of sp³-hybridized carbons (Fsp3) is 0.875. The molecule has 0 saturated carbocycles. The fourth-order valence-electron chi connectivity index (χ4n) is 1.51. The Morgan fingerprint density at radius 2 is 2.00 bits per heavy atom. The number of hydrogen-bond donors (Lipinski definition) is 0. The van der Waals surface area contributed by atoms with E-state index in [0.29, 0.717) is 6.54 Å². The van der Waals surface area contributed by atoms with E-state index in [4.69, 9.17) is 10.00 Å². The van der Waals surface area contributed by atoms with Crippen molar-refractivity contribution in [1.82, 2.24) is 4.90 Å². The van der Waals surface area contributed by atoms with Gasteiger partial charge in [0.25, 0.3) is 0 Å². The van der Waals surface area contributed by atoms with Gasteiger partial charge in [0.15, 0.2) is 0 Å². The minimum atomic E-state index is 0.270. The second kappa shape index (κ2) is 3.70. The molecule has 62 valence electrons. The van der Waals surface area contributed by atoms with Gasteiger partial charge in [0.1, 0.15) is 0 Å². The number of nitrogens with zero attached hydrogens (tertiary/aromatic N) is 2. The smallest absolute Gasteiger partial charge is 0.0867 e. The first kappa shape index (κ1) is 8.51. The van der Waals surface area contributed by atoms with Crippen molar-refractivity contribution in [1.29, 1.82) is 5.26 Å². The molecule has 2 unspecified atom stereocenters. The Morgan fingerprint density at radius 1 is 1.45 bits per heavy atom. The molecule has 1 heterocycles. The Labute approximate surface area is 67.6 Å². The largest absolute Gasteiger partial charge is 0.373 e. The van der Waals surface area contributed by atoms with Gasteiger partial charge in [-0.1, -0.05) is 0 Å². The summed E-state index contributed by atoms with van der Waals surface area (Å²) in [5.74, 6) is 0. The molecule has 0 aromatic heterocycles. The highest BCUT2D eigenvalue weighted by Gasteiger charge is 2.21. The highest BCUT2D eigenvalue weighted by molar-refractivity contribution is 4.81. The molecule has 1 aliphatic heterocycles. The molecule has 3 heteroatoms. The van der Waals surface area contributed by atoms with E-state index >= 15 is 0 Å². The highest BCUT2D eigenvalue weighted by Crippen LogP contribution is 2.09. The van der Waals surface area contributed by atoms with Crippen LogP contribution in [0.3, 0.4) is 0 Å². The van der Waals surface area contributed by atoms with E-state index in [1.807, 2.05) is 13.8 Å². The van der Waals surface area contributed by atoms with E-state index in [1.165, 1.54) is 0 Å². The lowest BCUT2D eigenvalue weighted by atomic mass is 10.2. The normalized spacial score (nSPS) is 33.2. The first-order valence-corrected chi connectivity index (χ1v) is 3.97. The van der Waals surface area contributed by atoms with Gasteiger partial charge in [0.05, 0.1) is 24.8 Å². The molecule has 1 saturated heterocycles. The minimum absolute atomic E-state index is 0.270. The Hall–Kier alpha value is -0.590. The van der Waals surface area contributed by atoms with Crippen LogP contribution in [0.25, 0.3) is 0 Å². The molecule has 11 heavy (non-hydrogen) atoms. The molecule has 0 spiro atoms. The number of nitriles is 1. The van der Waals surface area contributed by atoms with Gasteiger partial charge >= 0.3 is 0 Å². The molecule has 1 rings (SSSR count). The monoisotopic (exact) mass is 154 g/mol. The van der Waals surface area contributed by atoms with Crippen LogP contribution in [0.2, 0.25) is 0 Å². The Kier molecular flexibility index (Phi) is 2.86. The summed E-state index contributed by atoms with van der Waals surface area (Å²) in [4.78, 5) is 2.12. The number of rotatable bonds is 1. The third-order valence-corrected chi connectivity index (χ3v) is 1.79. The van der Waals surface area contributed by atoms with Gasteiger partial charge < -0.3 is 4.74 Å². The average Bonchev–Trinajstić information content (AvgIpc) is 1.85. The molecule has 0 radical (unpaired) electrons. The van der Waals surface area contributed by atoms with Crippen LogP contribution in [-0.2, 0) is 4.74 Å². The molecule has 1 aliphatic rings. The first-order valence-electron chi connectivity index (χ1n) is 3.97. The Balaban J connectivity index is 2.38. The summed E-state index contributed by atoms with van der Waals surface area (Å²) >= 11 is 0. The van der Waals surface area contributed by atoms with Crippen molar-refractivity contribution in [3.8, 4) is 6.07 Å². The maximum absolute atomic E-state index is 8.46. The molecule has 0 bridgehead atoms. The van der Waals surface area contributed by atoms with Crippen molar-refractivity contribution >= 4 is 0 Å². The van der Waals surface area contributed by atoms with Crippen LogP contribution in [0.5, 0.6) is 0 Å². The summed E-state index contributed by atoms with van der Waals surface area (Å²) in [5.41, 5.74) is 0. The molecule has 3 nitrogen and oxygen atoms in total. The topological polar surface area (TPSA) is 36.3 Å². The fourth-order valence-corrected chi connectivity index (χ4v) is 1.51. The third kappa shape index (κ3) is 2.49. The molecule has 0 aliphatic carbocycles. The van der Waals surface area contributed by atoms with Crippen LogP contribution in [0.1, 0.15) is 13.8 Å². The maximum atomic E-state index is 8.46. The molecule has 1 fully saturated rings. The zero-order chi connectivity index (χ0) is 8.27. The van der Waals surface area contributed by atoms with Crippen molar-refractivity contribution in [2.75, 3.05) is 19.6 Å². The van der Waals surface area contributed by atoms with E-state index in [0.717, 1.165) is 13.1 Å². The van der Waals surface area contributed by atoms with Gasteiger partial charge in [-0.3, -0.25) is 4.90 Å². The van der Waals surface area contributed by atoms with Crippen molar-refractivity contribution in [2.45, 2.75) is 26.1 Å². The standard InChI is InChI=1S/C8H14N2O/c1-7-5-10(4-3-9)6-8(2)11-7/h7-8H,4-6H2,1-2H3. The van der Waals surface area contributed by atoms with Crippen molar-refractivity contribution in [2.24, 2.45) is 0 Å². The summed E-state index contributed by atoms with van der Waals surface area (Å²) in [7, 11) is 0. The van der Waals surface area contributed by atoms with Gasteiger partial charge in [-0.2, -0.15) is 5.26 Å². The molecule has 0 aromatic carbocycles. The van der Waals surface area contributed by atoms with Crippen molar-refractivity contribution in [3.63, 3.8) is 0 Å². The SMILES string of the molecule is CC1CN(CC#N)CC(C)O1. The highest BCUT2D eigenvalue weighted by atomic mass is 16.5. The first-order chi connectivity index (χ1) is 5.22. The van der Waals surface area contributed by atoms with E-state index < -0.39 is 0 Å². The zero-order valence-electron chi connectivity index (χ0n) is 7.08. The van der Waals surface area contributed by atoms with E-state index in [9.17, 15) is 0 Å². The molecular formula is C8H14N2O. The van der Waals surface area contributed by atoms with Gasteiger partial charge in [0, 0.05) is 13.1 Å². The quantitative estimate of drug-likeness (QED) is 0.519. The average molecular weight is 154 g/mol. The minimum Gasteiger partial charge on any atom is -0.373 e. The third-order valence-electron chi connectivity index (χ3n) is 1.79. The van der Waals surface area contributed by atoms with Crippen LogP contribution in [0.15, 0.2) is 0 Å². The predicted molar refractivity (Wildman–Crippen MR) is 42.1 cm³/mol. The summed E-state index contributed by atoms with van der Waals surface area (Å²) in [5, 5.41) is 8.46. The van der Waals surface area contributed by atoms with E-state index in [2.05, 4.69) is 11.0 Å². The van der Waals surface area contributed by atoms with Gasteiger partial charge in [-0.25, -0.2) is 0 Å². The predicted octanol–water partition coefficient (Wildman–Crippen LogP) is 0.619. The van der Waals surface area contributed by atoms with Crippen LogP contribution >= 0.6 is 0 Å². The molecule has 0 aromatic rings. The molecule has 0 N–H and O–H groups in total. The van der Waals surface area contributed by atoms with Gasteiger partial charge in [-0.05, 0) is 13.8 Å². The maximum Gasteiger partial charge on any atom is 0.0867 e. The van der Waals surface area contributed by atoms with Crippen LogP contribution in [0, 0.1) is 11.3 Å². The lowest BCUT2D eigenvalue weighted by molar-refractivity contribution is -0.0641. The molecule has 0 amide bonds. The summed E-state index contributed by atoms with van der Waals surface area (Å²) in [6, 6.07) is 2.15. The lowest BCUT2D eigenvalue weighted by Crippen LogP contribution is -2.45. The summed E-state index contributed by atoms with van der Waals surface area (Å²) in [6.45, 7) is 6.38. The second-order valence-electron chi connectivity index (χ2n) is 3.11. The lowest BCUT2D eigenvalue weighted by Gasteiger charge is -2.33. The van der Waals surface area contributed by atoms with Gasteiger partial charge in [-0.15, -0.1) is 0 Å². The van der Waals surface area contributed by atoms with E-state index in [1.54, 1.807) is 0 Å². The number of morpholine rings is 1. The summed E-state index contributed by atoms with van der Waals surface area (Å²) < 4.78 is 5.51. The van der Waals surface area contributed by atoms with E-state index in [-0.39, 0.29) is 12.2 Å². The van der Waals surface area contributed by atoms with Crippen molar-refractivity contribution < 1.29 is 4.74 Å². The molecule has 2 atom stereocenters. The molecular weight excluding hydrogens is 140 g/mol. The van der Waals surface area contributed by atoms with Crippen molar-refractivity contribution in [3.05, 3.63) is 0 Å². The van der Waals surface area contributed by atoms with Crippen LogP contribution in [-0.4, -0.2) is 36.7 Å². The Morgan fingerprint density at radius 3 is 2.45 bits per heavy atom. The van der Waals surface area contributed by atoms with Crippen LogP contribution < -0.4 is 0 Å². The number of ether oxygens (including phenoxy) is 1. The Bertz CT molecular complexity index is 154. The number of hydrogen-bond acceptors (Lipinski definition) is 3. The van der Waals surface area contributed by atoms with Gasteiger partial charge in [0.2, 0.25) is 0 Å². The van der Waals surface area contributed by atoms with Crippen LogP contribution in [0.4, 0.5) is 0 Å². The summed E-state index contributed by atoms with van der Waals surface area (Å²) in [6.07, 6.45) is 0.541. The zero-order valence-corrected chi connectivity index (χ0v) is 7.08.